The van der Waals surface area contributed by atoms with E-state index >= 15 is 0 Å². The van der Waals surface area contributed by atoms with Crippen molar-refractivity contribution in [3.63, 3.8) is 0 Å². The summed E-state index contributed by atoms with van der Waals surface area (Å²) in [5, 5.41) is 13.9. The first-order valence-electron chi connectivity index (χ1n) is 12.3. The van der Waals surface area contributed by atoms with E-state index in [1.807, 2.05) is 25.1 Å². The van der Waals surface area contributed by atoms with E-state index < -0.39 is 6.04 Å². The van der Waals surface area contributed by atoms with Crippen molar-refractivity contribution in [2.75, 3.05) is 10.6 Å². The van der Waals surface area contributed by atoms with E-state index in [2.05, 4.69) is 26.0 Å². The third-order valence-electron chi connectivity index (χ3n) is 7.41. The normalized spacial score (nSPS) is 17.2. The van der Waals surface area contributed by atoms with Gasteiger partial charge in [-0.25, -0.2) is 0 Å². The van der Waals surface area contributed by atoms with Crippen LogP contribution in [-0.4, -0.2) is 32.6 Å². The van der Waals surface area contributed by atoms with Gasteiger partial charge < -0.3 is 16.0 Å². The lowest BCUT2D eigenvalue weighted by Gasteiger charge is -2.55. The number of pyridine rings is 1. The molecule has 1 atom stereocenters. The lowest BCUT2D eigenvalue weighted by Crippen LogP contribution is -2.49. The Morgan fingerprint density at radius 2 is 2.08 bits per heavy atom. The Balaban J connectivity index is 1.22. The highest BCUT2D eigenvalue weighted by Crippen LogP contribution is 2.59. The third-order valence-corrected chi connectivity index (χ3v) is 8.70. The molecule has 0 aromatic carbocycles. The number of carbonyl (C=O) groups excluding carboxylic acids is 2. The van der Waals surface area contributed by atoms with E-state index in [9.17, 15) is 9.59 Å². The molecule has 3 heterocycles. The maximum absolute atomic E-state index is 13.1. The first-order valence-corrected chi connectivity index (χ1v) is 13.5. The molecule has 10 heteroatoms. The van der Waals surface area contributed by atoms with Gasteiger partial charge in [-0.1, -0.05) is 18.0 Å². The second-order valence-corrected chi connectivity index (χ2v) is 11.8. The zero-order valence-corrected chi connectivity index (χ0v) is 22.1. The van der Waals surface area contributed by atoms with Gasteiger partial charge in [0.15, 0.2) is 0 Å². The van der Waals surface area contributed by atoms with Crippen LogP contribution in [0.5, 0.6) is 0 Å². The summed E-state index contributed by atoms with van der Waals surface area (Å²) in [6.45, 7) is 2.47. The van der Waals surface area contributed by atoms with Crippen LogP contribution >= 0.6 is 22.9 Å². The molecular formula is C26H31ClN6O2S. The van der Waals surface area contributed by atoms with Gasteiger partial charge in [-0.15, -0.1) is 11.3 Å². The lowest BCUT2D eigenvalue weighted by molar-refractivity contribution is -0.119. The number of rotatable bonds is 9. The molecule has 0 radical (unpaired) electrons. The van der Waals surface area contributed by atoms with Gasteiger partial charge in [0.25, 0.3) is 5.91 Å². The largest absolute Gasteiger partial charge is 0.379 e. The molecule has 3 aromatic rings. The van der Waals surface area contributed by atoms with Gasteiger partial charge in [-0.3, -0.25) is 19.3 Å². The number of aryl methyl sites for hydroxylation is 2. The quantitative estimate of drug-likeness (QED) is 0.357. The highest BCUT2D eigenvalue weighted by molar-refractivity contribution is 7.14. The number of nitrogens with one attached hydrogen (secondary N) is 3. The molecule has 0 bridgehead atoms. The minimum absolute atomic E-state index is 0.201. The van der Waals surface area contributed by atoms with Crippen LogP contribution in [0.3, 0.4) is 0 Å². The van der Waals surface area contributed by atoms with Crippen LogP contribution in [0.4, 0.5) is 11.4 Å². The predicted octanol–water partition coefficient (Wildman–Crippen LogP) is 5.16. The van der Waals surface area contributed by atoms with Crippen molar-refractivity contribution in [3.8, 4) is 0 Å². The number of aromatic nitrogens is 3. The van der Waals surface area contributed by atoms with Crippen molar-refractivity contribution in [2.24, 2.45) is 18.4 Å². The molecule has 190 valence electrons. The summed E-state index contributed by atoms with van der Waals surface area (Å²) in [6.07, 6.45) is 11.9. The minimum Gasteiger partial charge on any atom is -0.379 e. The van der Waals surface area contributed by atoms with E-state index in [4.69, 9.17) is 11.6 Å². The van der Waals surface area contributed by atoms with Crippen molar-refractivity contribution in [1.29, 1.82) is 0 Å². The first-order chi connectivity index (χ1) is 17.3. The second-order valence-electron chi connectivity index (χ2n) is 10.2. The summed E-state index contributed by atoms with van der Waals surface area (Å²) >= 11 is 7.47. The molecule has 2 aliphatic carbocycles. The van der Waals surface area contributed by atoms with E-state index in [1.54, 1.807) is 30.3 Å². The highest BCUT2D eigenvalue weighted by Gasteiger charge is 2.48. The zero-order valence-electron chi connectivity index (χ0n) is 20.5. The van der Waals surface area contributed by atoms with E-state index in [0.717, 1.165) is 29.1 Å². The average molecular weight is 527 g/mol. The van der Waals surface area contributed by atoms with Crippen LogP contribution in [0.15, 0.2) is 36.8 Å². The van der Waals surface area contributed by atoms with Gasteiger partial charge in [0.05, 0.1) is 33.2 Å². The van der Waals surface area contributed by atoms with Crippen molar-refractivity contribution >= 4 is 46.1 Å². The van der Waals surface area contributed by atoms with Crippen LogP contribution in [0.2, 0.25) is 5.02 Å². The maximum Gasteiger partial charge on any atom is 0.262 e. The van der Waals surface area contributed by atoms with Crippen LogP contribution in [-0.2, 0) is 18.4 Å². The summed E-state index contributed by atoms with van der Waals surface area (Å²) in [5.41, 5.74) is 2.86. The van der Waals surface area contributed by atoms with Crippen molar-refractivity contribution in [2.45, 2.75) is 58.0 Å². The molecule has 3 aromatic heterocycles. The summed E-state index contributed by atoms with van der Waals surface area (Å²) in [7, 11) is 1.80. The molecule has 1 spiro atoms. The standard InChI is InChI=1S/C26H31ClN6O2S/c1-16-21(9-18(27)12-28-16)29-14-20-4-5-23(36-20)25(35)32-22(8-17-10-26(11-17)6-3-7-26)24(34)31-19-13-30-33(2)15-19/h4-5,9,12-13,15,17,22,29H,3,6-8,10-11,14H2,1-2H3,(H,31,34)(H,32,35). The summed E-state index contributed by atoms with van der Waals surface area (Å²) < 4.78 is 1.64. The fraction of sp³-hybridized carbons (Fsp3) is 0.462. The molecule has 36 heavy (non-hydrogen) atoms. The number of amides is 2. The number of thiophene rings is 1. The Bertz CT molecular complexity index is 1260. The molecule has 0 aliphatic heterocycles. The lowest BCUT2D eigenvalue weighted by atomic mass is 9.51. The number of nitrogens with zero attached hydrogens (tertiary/aromatic N) is 3. The third kappa shape index (κ3) is 5.57. The molecule has 0 saturated heterocycles. The van der Waals surface area contributed by atoms with Gasteiger partial charge in [0.2, 0.25) is 5.91 Å². The fourth-order valence-electron chi connectivity index (χ4n) is 5.39. The van der Waals surface area contributed by atoms with Crippen LogP contribution in [0.1, 0.15) is 58.8 Å². The van der Waals surface area contributed by atoms with E-state index in [0.29, 0.717) is 39.9 Å². The number of anilines is 2. The molecule has 2 aliphatic rings. The SMILES string of the molecule is Cc1ncc(Cl)cc1NCc1ccc(C(=O)NC(CC2CC3(CCC3)C2)C(=O)Nc2cnn(C)c2)s1. The van der Waals surface area contributed by atoms with Crippen molar-refractivity contribution in [3.05, 3.63) is 57.3 Å². The van der Waals surface area contributed by atoms with Crippen molar-refractivity contribution < 1.29 is 9.59 Å². The molecule has 2 fully saturated rings. The summed E-state index contributed by atoms with van der Waals surface area (Å²) in [6, 6.07) is 4.98. The van der Waals surface area contributed by atoms with Gasteiger partial charge >= 0.3 is 0 Å². The number of carbonyl (C=O) groups is 2. The molecule has 8 nitrogen and oxygen atoms in total. The molecular weight excluding hydrogens is 496 g/mol. The molecule has 5 rings (SSSR count). The zero-order chi connectivity index (χ0) is 25.3. The van der Waals surface area contributed by atoms with E-state index in [-0.39, 0.29) is 11.8 Å². The monoisotopic (exact) mass is 526 g/mol. The molecule has 2 amide bonds. The number of halogens is 1. The van der Waals surface area contributed by atoms with Crippen LogP contribution in [0.25, 0.3) is 0 Å². The minimum atomic E-state index is -0.594. The van der Waals surface area contributed by atoms with Crippen LogP contribution < -0.4 is 16.0 Å². The number of hydrogen-bond donors (Lipinski definition) is 3. The average Bonchev–Trinajstić information content (AvgIpc) is 3.43. The highest BCUT2D eigenvalue weighted by atomic mass is 35.5. The Kier molecular flexibility index (Phi) is 7.03. The van der Waals surface area contributed by atoms with Crippen molar-refractivity contribution in [1.82, 2.24) is 20.1 Å². The van der Waals surface area contributed by atoms with E-state index in [1.165, 1.54) is 30.6 Å². The van der Waals surface area contributed by atoms with Gasteiger partial charge in [0, 0.05) is 30.9 Å². The molecule has 1 unspecified atom stereocenters. The smallest absolute Gasteiger partial charge is 0.262 e. The Morgan fingerprint density at radius 3 is 2.78 bits per heavy atom. The Labute approximate surface area is 219 Å². The maximum atomic E-state index is 13.1. The van der Waals surface area contributed by atoms with Gasteiger partial charge in [-0.2, -0.15) is 5.10 Å². The molecule has 3 N–H and O–H groups in total. The summed E-state index contributed by atoms with van der Waals surface area (Å²) in [4.78, 5) is 32.1. The fourth-order valence-corrected chi connectivity index (χ4v) is 6.40. The first kappa shape index (κ1) is 24.8. The van der Waals surface area contributed by atoms with Crippen LogP contribution in [0, 0.1) is 18.3 Å². The topological polar surface area (TPSA) is 101 Å². The van der Waals surface area contributed by atoms with Gasteiger partial charge in [0.1, 0.15) is 6.04 Å². The molecule has 2 saturated carbocycles. The Hall–Kier alpha value is -2.91. The predicted molar refractivity (Wildman–Crippen MR) is 142 cm³/mol. The van der Waals surface area contributed by atoms with Gasteiger partial charge in [-0.05, 0) is 68.6 Å². The summed E-state index contributed by atoms with van der Waals surface area (Å²) in [5.74, 6) is 0.0389. The number of hydrogen-bond acceptors (Lipinski definition) is 6. The second kappa shape index (κ2) is 10.2. The Morgan fingerprint density at radius 1 is 1.28 bits per heavy atom.